The number of nitro groups is 1. The molecule has 0 aliphatic rings. The fourth-order valence-electron chi connectivity index (χ4n) is 4.15. The smallest absolute Gasteiger partial charge is 0.464 e. The summed E-state index contributed by atoms with van der Waals surface area (Å²) < 4.78 is 36.5. The van der Waals surface area contributed by atoms with Crippen molar-refractivity contribution in [2.45, 2.75) is 58.6 Å². The second-order valence-corrected chi connectivity index (χ2v) is 11.8. The molecule has 3 rings (SSSR count). The molecule has 0 saturated carbocycles. The van der Waals surface area contributed by atoms with Gasteiger partial charge in [-0.1, -0.05) is 75.2 Å². The average Bonchev–Trinajstić information content (AvgIpc) is 3.04. The van der Waals surface area contributed by atoms with Gasteiger partial charge in [0.05, 0.1) is 11.5 Å². The van der Waals surface area contributed by atoms with Gasteiger partial charge in [0.15, 0.2) is 0 Å². The molecule has 0 saturated heterocycles. The van der Waals surface area contributed by atoms with E-state index < -0.39 is 30.8 Å². The lowest BCUT2D eigenvalue weighted by molar-refractivity contribution is -0.384. The minimum Gasteiger partial charge on any atom is -0.464 e. The van der Waals surface area contributed by atoms with Crippen LogP contribution in [0, 0.1) is 16.0 Å². The number of nitro benzene ring substituents is 1. The number of hydrogen-bond acceptors (Lipinski definition) is 9. The number of carbonyl (C=O) groups is 2. The zero-order valence-electron chi connectivity index (χ0n) is 25.5. The quantitative estimate of drug-likeness (QED) is 0.0451. The highest BCUT2D eigenvalue weighted by Crippen LogP contribution is 2.46. The van der Waals surface area contributed by atoms with E-state index in [4.69, 9.17) is 18.5 Å². The highest BCUT2D eigenvalue weighted by molar-refractivity contribution is 7.52. The Bertz CT molecular complexity index is 1390. The molecule has 2 N–H and O–H groups in total. The van der Waals surface area contributed by atoms with E-state index in [0.717, 1.165) is 18.4 Å². The van der Waals surface area contributed by atoms with Gasteiger partial charge in [0.2, 0.25) is 0 Å². The van der Waals surface area contributed by atoms with Gasteiger partial charge in [-0.15, -0.1) is 0 Å². The van der Waals surface area contributed by atoms with Crippen LogP contribution in [0.4, 0.5) is 10.5 Å². The highest BCUT2D eigenvalue weighted by atomic mass is 31.2. The number of carbonyl (C=O) groups excluding carboxylic acids is 2. The second kappa shape index (κ2) is 18.4. The molecule has 1 unspecified atom stereocenters. The van der Waals surface area contributed by atoms with Gasteiger partial charge >= 0.3 is 19.8 Å². The molecule has 1 amide bonds. The Morgan fingerprint density at radius 2 is 1.44 bits per heavy atom. The third kappa shape index (κ3) is 12.6. The largest absolute Gasteiger partial charge is 0.513 e. The summed E-state index contributed by atoms with van der Waals surface area (Å²) in [5, 5.41) is 16.5. The lowest BCUT2D eigenvalue weighted by atomic mass is 10.1. The molecule has 0 fully saturated rings. The molecule has 2 atom stereocenters. The molecule has 242 valence electrons. The van der Waals surface area contributed by atoms with Crippen molar-refractivity contribution < 1.29 is 37.6 Å². The summed E-state index contributed by atoms with van der Waals surface area (Å²) >= 11 is 0. The molecule has 13 heteroatoms. The molecule has 3 aromatic rings. The van der Waals surface area contributed by atoms with Gasteiger partial charge in [-0.3, -0.25) is 14.9 Å². The van der Waals surface area contributed by atoms with Crippen LogP contribution in [0.15, 0.2) is 84.9 Å². The van der Waals surface area contributed by atoms with Gasteiger partial charge in [-0.25, -0.2) is 9.36 Å². The number of esters is 1. The second-order valence-electron chi connectivity index (χ2n) is 10.2. The van der Waals surface area contributed by atoms with Crippen LogP contribution in [-0.2, 0) is 25.4 Å². The molecule has 0 radical (unpaired) electrons. The summed E-state index contributed by atoms with van der Waals surface area (Å²) in [6, 6.07) is 21.5. The molecule has 0 bridgehead atoms. The van der Waals surface area contributed by atoms with E-state index in [2.05, 4.69) is 10.4 Å². The minimum atomic E-state index is -4.29. The molecule has 0 aromatic heterocycles. The summed E-state index contributed by atoms with van der Waals surface area (Å²) in [5.41, 5.74) is 0.695. The monoisotopic (exact) mass is 641 g/mol. The maximum atomic E-state index is 14.1. The van der Waals surface area contributed by atoms with Crippen LogP contribution in [0.1, 0.15) is 51.5 Å². The van der Waals surface area contributed by atoms with Crippen LogP contribution in [0.25, 0.3) is 0 Å². The van der Waals surface area contributed by atoms with E-state index in [9.17, 15) is 24.3 Å². The number of unbranched alkanes of at least 4 members (excludes halogenated alkanes) is 1. The first-order valence-corrected chi connectivity index (χ1v) is 16.4. The summed E-state index contributed by atoms with van der Waals surface area (Å²) in [6.07, 6.45) is 2.22. The van der Waals surface area contributed by atoms with Crippen molar-refractivity contribution in [1.29, 1.82) is 0 Å². The van der Waals surface area contributed by atoms with Gasteiger partial charge in [0.25, 0.3) is 5.69 Å². The number of alkyl carbamates (subject to hydrolysis) is 1. The van der Waals surface area contributed by atoms with Gasteiger partial charge in [-0.2, -0.15) is 5.09 Å². The van der Waals surface area contributed by atoms with Crippen LogP contribution in [0.2, 0.25) is 0 Å². The van der Waals surface area contributed by atoms with E-state index in [-0.39, 0.29) is 42.7 Å². The predicted molar refractivity (Wildman–Crippen MR) is 169 cm³/mol. The lowest BCUT2D eigenvalue weighted by Crippen LogP contribution is -2.39. The average molecular weight is 642 g/mol. The maximum Gasteiger partial charge on any atom is 0.513 e. The number of benzene rings is 3. The first-order valence-electron chi connectivity index (χ1n) is 14.9. The molecule has 3 aromatic carbocycles. The normalized spacial score (nSPS) is 12.9. The number of nitrogens with one attached hydrogen (secondary N) is 2. The molecule has 0 heterocycles. The number of amides is 1. The topological polar surface area (TPSA) is 155 Å². The van der Waals surface area contributed by atoms with Crippen LogP contribution >= 0.6 is 7.75 Å². The molecule has 12 nitrogen and oxygen atoms in total. The lowest BCUT2D eigenvalue weighted by Gasteiger charge is -2.25. The van der Waals surface area contributed by atoms with Gasteiger partial charge in [-0.05, 0) is 55.0 Å². The van der Waals surface area contributed by atoms with Crippen LogP contribution in [0.5, 0.6) is 11.5 Å². The number of hydrogen-bond donors (Lipinski definition) is 2. The van der Waals surface area contributed by atoms with Crippen molar-refractivity contribution in [1.82, 2.24) is 10.4 Å². The summed E-state index contributed by atoms with van der Waals surface area (Å²) in [6.45, 7) is 4.66. The Kier molecular flexibility index (Phi) is 14.3. The number of nitrogens with zero attached hydrogens (tertiary/aromatic N) is 1. The highest BCUT2D eigenvalue weighted by Gasteiger charge is 2.36. The van der Waals surface area contributed by atoms with Crippen molar-refractivity contribution in [3.05, 3.63) is 101 Å². The maximum absolute atomic E-state index is 14.1. The summed E-state index contributed by atoms with van der Waals surface area (Å²) in [4.78, 5) is 35.9. The van der Waals surface area contributed by atoms with E-state index >= 15 is 0 Å². The van der Waals surface area contributed by atoms with Crippen molar-refractivity contribution in [2.75, 3.05) is 13.2 Å². The van der Waals surface area contributed by atoms with Gasteiger partial charge in [0.1, 0.15) is 24.1 Å². The Labute approximate surface area is 263 Å². The van der Waals surface area contributed by atoms with Gasteiger partial charge in [0, 0.05) is 18.7 Å². The van der Waals surface area contributed by atoms with Crippen molar-refractivity contribution in [2.24, 2.45) is 5.92 Å². The molecule has 0 aliphatic heterocycles. The third-order valence-electron chi connectivity index (χ3n) is 6.86. The summed E-state index contributed by atoms with van der Waals surface area (Å²) in [7, 11) is -4.29. The first kappa shape index (κ1) is 35.1. The van der Waals surface area contributed by atoms with E-state index in [1.807, 2.05) is 44.2 Å². The molecular formula is C32H40N3O9P. The fourth-order valence-corrected chi connectivity index (χ4v) is 5.71. The number of para-hydroxylation sites is 1. The Morgan fingerprint density at radius 1 is 0.844 bits per heavy atom. The molecular weight excluding hydrogens is 601 g/mol. The third-order valence-corrected chi connectivity index (χ3v) is 8.39. The van der Waals surface area contributed by atoms with Crippen molar-refractivity contribution >= 4 is 25.5 Å². The molecule has 0 aliphatic carbocycles. The number of non-ortho nitro benzene ring substituents is 1. The van der Waals surface area contributed by atoms with Gasteiger partial charge < -0.3 is 23.8 Å². The van der Waals surface area contributed by atoms with E-state index in [1.165, 1.54) is 24.3 Å². The minimum absolute atomic E-state index is 0.0368. The Morgan fingerprint density at radius 3 is 2.04 bits per heavy atom. The van der Waals surface area contributed by atoms with Crippen LogP contribution < -0.4 is 19.5 Å². The summed E-state index contributed by atoms with van der Waals surface area (Å²) in [5.74, 6) is -0.196. The van der Waals surface area contributed by atoms with Crippen LogP contribution in [-0.4, -0.2) is 36.2 Å². The fraction of sp³-hybridized carbons (Fsp3) is 0.375. The van der Waals surface area contributed by atoms with Crippen LogP contribution in [0.3, 0.4) is 0 Å². The Balaban J connectivity index is 1.68. The zero-order valence-corrected chi connectivity index (χ0v) is 26.4. The zero-order chi connectivity index (χ0) is 32.5. The SMILES string of the molecule is CCC(CC)COC(=O)[C@H](CCCCNC(=O)OCc1ccccc1)NP(=O)(Oc1ccccc1)Oc1ccc([N+](=O)[O-])cc1. The Hall–Kier alpha value is -4.41. The number of rotatable bonds is 19. The predicted octanol–water partition coefficient (Wildman–Crippen LogP) is 7.20. The van der Waals surface area contributed by atoms with E-state index in [1.54, 1.807) is 30.3 Å². The first-order chi connectivity index (χ1) is 21.7. The number of ether oxygens (including phenoxy) is 2. The van der Waals surface area contributed by atoms with Crippen molar-refractivity contribution in [3.63, 3.8) is 0 Å². The molecule has 45 heavy (non-hydrogen) atoms. The van der Waals surface area contributed by atoms with Crippen molar-refractivity contribution in [3.8, 4) is 11.5 Å². The standard InChI is InChI=1S/C32H40N3O9P/c1-3-25(4-2)23-41-31(36)30(17-11-12-22-33-32(37)42-24-26-13-7-5-8-14-26)34-45(40,43-28-15-9-6-10-16-28)44-29-20-18-27(19-21-29)35(38)39/h5-10,13-16,18-21,25,30H,3-4,11-12,17,22-24H2,1-2H3,(H,33,37)(H,34,40)/t30-,45?/m0/s1. The molecule has 0 spiro atoms. The van der Waals surface area contributed by atoms with E-state index in [0.29, 0.717) is 19.4 Å².